The fourth-order valence-corrected chi connectivity index (χ4v) is 3.41. The van der Waals surface area contributed by atoms with Crippen LogP contribution >= 0.6 is 0 Å². The Hall–Kier alpha value is -4.72. The molecule has 4 aromatic rings. The number of pyridine rings is 1. The van der Waals surface area contributed by atoms with Gasteiger partial charge in [-0.05, 0) is 56.3 Å². The topological polar surface area (TPSA) is 101 Å². The van der Waals surface area contributed by atoms with Gasteiger partial charge in [0.15, 0.2) is 0 Å². The number of hydrogen-bond acceptors (Lipinski definition) is 4. The van der Waals surface area contributed by atoms with Crippen LogP contribution in [0, 0.1) is 0 Å². The van der Waals surface area contributed by atoms with Gasteiger partial charge in [-0.3, -0.25) is 9.78 Å². The Labute approximate surface area is 203 Å². The van der Waals surface area contributed by atoms with E-state index in [1.54, 1.807) is 47.4 Å². The SMILES string of the molecule is CC(C)NC(=O)Nc1ccccc1NC(=O)/C=C/c1cn(-c2ccccc2)nc1-c1cccnc1. The molecule has 2 heterocycles. The van der Waals surface area contributed by atoms with Crippen molar-refractivity contribution < 1.29 is 9.59 Å². The van der Waals surface area contributed by atoms with E-state index in [2.05, 4.69) is 20.9 Å². The lowest BCUT2D eigenvalue weighted by Gasteiger charge is -2.13. The molecule has 0 atom stereocenters. The van der Waals surface area contributed by atoms with Crippen molar-refractivity contribution in [2.75, 3.05) is 10.6 Å². The second-order valence-corrected chi connectivity index (χ2v) is 8.08. The van der Waals surface area contributed by atoms with E-state index in [1.165, 1.54) is 6.08 Å². The first-order valence-corrected chi connectivity index (χ1v) is 11.2. The Bertz CT molecular complexity index is 1330. The molecule has 4 rings (SSSR count). The third kappa shape index (κ3) is 6.20. The van der Waals surface area contributed by atoms with Crippen molar-refractivity contribution in [3.8, 4) is 16.9 Å². The maximum absolute atomic E-state index is 12.8. The van der Waals surface area contributed by atoms with Crippen LogP contribution in [0.2, 0.25) is 0 Å². The normalized spacial score (nSPS) is 10.9. The van der Waals surface area contributed by atoms with Gasteiger partial charge < -0.3 is 16.0 Å². The molecule has 35 heavy (non-hydrogen) atoms. The van der Waals surface area contributed by atoms with Gasteiger partial charge in [0.2, 0.25) is 5.91 Å². The number of anilines is 2. The van der Waals surface area contributed by atoms with Crippen LogP contribution in [0.25, 0.3) is 23.0 Å². The summed E-state index contributed by atoms with van der Waals surface area (Å²) in [5.41, 5.74) is 4.21. The third-order valence-corrected chi connectivity index (χ3v) is 4.97. The lowest BCUT2D eigenvalue weighted by molar-refractivity contribution is -0.111. The second kappa shape index (κ2) is 10.9. The van der Waals surface area contributed by atoms with Crippen molar-refractivity contribution in [3.05, 3.63) is 97.0 Å². The highest BCUT2D eigenvalue weighted by molar-refractivity contribution is 6.05. The minimum atomic E-state index is -0.341. The van der Waals surface area contributed by atoms with Gasteiger partial charge in [-0.15, -0.1) is 0 Å². The first-order valence-electron chi connectivity index (χ1n) is 11.2. The number of nitrogens with one attached hydrogen (secondary N) is 3. The largest absolute Gasteiger partial charge is 0.336 e. The predicted octanol–water partition coefficient (Wildman–Crippen LogP) is 5.12. The number of carbonyl (C=O) groups is 2. The number of amides is 3. The molecule has 8 heteroatoms. The summed E-state index contributed by atoms with van der Waals surface area (Å²) >= 11 is 0. The molecule has 0 aliphatic heterocycles. The maximum atomic E-state index is 12.8. The van der Waals surface area contributed by atoms with Crippen LogP contribution in [0.1, 0.15) is 19.4 Å². The van der Waals surface area contributed by atoms with Crippen molar-refractivity contribution in [2.24, 2.45) is 0 Å². The molecule has 2 aromatic carbocycles. The van der Waals surface area contributed by atoms with Crippen molar-refractivity contribution >= 4 is 29.4 Å². The Kier molecular flexibility index (Phi) is 7.32. The molecule has 0 unspecified atom stereocenters. The summed E-state index contributed by atoms with van der Waals surface area (Å²) in [6.07, 6.45) is 8.46. The van der Waals surface area contributed by atoms with Crippen molar-refractivity contribution in [2.45, 2.75) is 19.9 Å². The number of benzene rings is 2. The van der Waals surface area contributed by atoms with E-state index in [4.69, 9.17) is 5.10 Å². The lowest BCUT2D eigenvalue weighted by Crippen LogP contribution is -2.34. The molecular weight excluding hydrogens is 440 g/mol. The number of rotatable bonds is 7. The summed E-state index contributed by atoms with van der Waals surface area (Å²) in [5, 5.41) is 13.1. The molecular formula is C27H26N6O2. The van der Waals surface area contributed by atoms with Gasteiger partial charge in [0.1, 0.15) is 5.69 Å². The summed E-state index contributed by atoms with van der Waals surface area (Å²) in [6, 6.07) is 20.2. The smallest absolute Gasteiger partial charge is 0.319 e. The zero-order valence-electron chi connectivity index (χ0n) is 19.5. The van der Waals surface area contributed by atoms with E-state index in [1.807, 2.05) is 62.5 Å². The zero-order valence-corrected chi connectivity index (χ0v) is 19.5. The Morgan fingerprint density at radius 1 is 0.914 bits per heavy atom. The van der Waals surface area contributed by atoms with E-state index in [9.17, 15) is 9.59 Å². The highest BCUT2D eigenvalue weighted by Gasteiger charge is 2.12. The number of aromatic nitrogens is 3. The van der Waals surface area contributed by atoms with Crippen molar-refractivity contribution in [3.63, 3.8) is 0 Å². The van der Waals surface area contributed by atoms with Crippen LogP contribution in [0.3, 0.4) is 0 Å². The Morgan fingerprint density at radius 3 is 2.31 bits per heavy atom. The average molecular weight is 467 g/mol. The highest BCUT2D eigenvalue weighted by Crippen LogP contribution is 2.25. The van der Waals surface area contributed by atoms with Crippen LogP contribution < -0.4 is 16.0 Å². The average Bonchev–Trinajstić information content (AvgIpc) is 3.29. The van der Waals surface area contributed by atoms with Crippen LogP contribution in [0.4, 0.5) is 16.2 Å². The second-order valence-electron chi connectivity index (χ2n) is 8.08. The first-order chi connectivity index (χ1) is 17.0. The van der Waals surface area contributed by atoms with Gasteiger partial charge in [0.05, 0.1) is 17.1 Å². The molecule has 0 saturated carbocycles. The quantitative estimate of drug-likeness (QED) is 0.329. The fourth-order valence-electron chi connectivity index (χ4n) is 3.41. The number of hydrogen-bond donors (Lipinski definition) is 3. The summed E-state index contributed by atoms with van der Waals surface area (Å²) < 4.78 is 1.77. The maximum Gasteiger partial charge on any atom is 0.319 e. The number of carbonyl (C=O) groups excluding carboxylic acids is 2. The van der Waals surface area contributed by atoms with Gasteiger partial charge in [-0.1, -0.05) is 30.3 Å². The van der Waals surface area contributed by atoms with Gasteiger partial charge >= 0.3 is 6.03 Å². The molecule has 0 saturated heterocycles. The summed E-state index contributed by atoms with van der Waals surface area (Å²) in [4.78, 5) is 29.1. The van der Waals surface area contributed by atoms with Gasteiger partial charge in [-0.25, -0.2) is 9.48 Å². The zero-order chi connectivity index (χ0) is 24.6. The summed E-state index contributed by atoms with van der Waals surface area (Å²) in [7, 11) is 0. The molecule has 0 bridgehead atoms. The summed E-state index contributed by atoms with van der Waals surface area (Å²) in [5.74, 6) is -0.340. The molecule has 0 aliphatic rings. The number of urea groups is 1. The van der Waals surface area contributed by atoms with Gasteiger partial charge in [0, 0.05) is 41.8 Å². The molecule has 3 N–H and O–H groups in total. The summed E-state index contributed by atoms with van der Waals surface area (Å²) in [6.45, 7) is 3.75. The minimum absolute atomic E-state index is 0.00880. The number of nitrogens with zero attached hydrogens (tertiary/aromatic N) is 3. The van der Waals surface area contributed by atoms with Gasteiger partial charge in [-0.2, -0.15) is 5.10 Å². The molecule has 0 aliphatic carbocycles. The third-order valence-electron chi connectivity index (χ3n) is 4.97. The van der Waals surface area contributed by atoms with Crippen LogP contribution in [-0.2, 0) is 4.79 Å². The molecule has 176 valence electrons. The van der Waals surface area contributed by atoms with Crippen LogP contribution in [-0.4, -0.2) is 32.7 Å². The standard InChI is InChI=1S/C27H26N6O2/c1-19(2)29-27(35)31-24-13-7-6-12-23(24)30-25(34)15-14-21-18-33(22-10-4-3-5-11-22)32-26(21)20-9-8-16-28-17-20/h3-19H,1-2H3,(H,30,34)(H2,29,31,35)/b15-14+. The van der Waals surface area contributed by atoms with Crippen LogP contribution in [0.5, 0.6) is 0 Å². The Balaban J connectivity index is 1.56. The lowest BCUT2D eigenvalue weighted by atomic mass is 10.1. The predicted molar refractivity (Wildman–Crippen MR) is 138 cm³/mol. The van der Waals surface area contributed by atoms with Crippen LogP contribution in [0.15, 0.2) is 91.4 Å². The minimum Gasteiger partial charge on any atom is -0.336 e. The molecule has 0 fully saturated rings. The molecule has 0 radical (unpaired) electrons. The van der Waals surface area contributed by atoms with Gasteiger partial charge in [0.25, 0.3) is 0 Å². The fraction of sp³-hybridized carbons (Fsp3) is 0.111. The van der Waals surface area contributed by atoms with E-state index in [-0.39, 0.29) is 18.0 Å². The van der Waals surface area contributed by atoms with Crippen molar-refractivity contribution in [1.29, 1.82) is 0 Å². The van der Waals surface area contributed by atoms with E-state index < -0.39 is 0 Å². The van der Waals surface area contributed by atoms with E-state index >= 15 is 0 Å². The van der Waals surface area contributed by atoms with E-state index in [0.717, 1.165) is 16.8 Å². The molecule has 3 amide bonds. The Morgan fingerprint density at radius 2 is 1.63 bits per heavy atom. The first kappa shape index (κ1) is 23.4. The van der Waals surface area contributed by atoms with E-state index in [0.29, 0.717) is 17.1 Å². The molecule has 8 nitrogen and oxygen atoms in total. The molecule has 2 aromatic heterocycles. The molecule has 0 spiro atoms. The number of para-hydroxylation sites is 3. The van der Waals surface area contributed by atoms with Crippen molar-refractivity contribution in [1.82, 2.24) is 20.1 Å². The highest BCUT2D eigenvalue weighted by atomic mass is 16.2. The monoisotopic (exact) mass is 466 g/mol.